The highest BCUT2D eigenvalue weighted by molar-refractivity contribution is 6.04. The number of hydrogen-bond donors (Lipinski definition) is 1. The molecule has 0 unspecified atom stereocenters. The maximum absolute atomic E-state index is 12.4. The van der Waals surface area contributed by atoms with Crippen molar-refractivity contribution in [1.82, 2.24) is 4.98 Å². The molecular formula is C17H19N3O3. The SMILES string of the molecule is COc1ccccc1NC(=O)c1cc(N2CCOCC2)ccn1. The predicted molar refractivity (Wildman–Crippen MR) is 88.2 cm³/mol. The van der Waals surface area contributed by atoms with Gasteiger partial charge in [0, 0.05) is 25.0 Å². The van der Waals surface area contributed by atoms with Crippen LogP contribution < -0.4 is 15.0 Å². The summed E-state index contributed by atoms with van der Waals surface area (Å²) in [5, 5.41) is 2.84. The summed E-state index contributed by atoms with van der Waals surface area (Å²) in [7, 11) is 1.57. The number of nitrogens with one attached hydrogen (secondary N) is 1. The summed E-state index contributed by atoms with van der Waals surface area (Å²) in [4.78, 5) is 18.8. The van der Waals surface area contributed by atoms with Crippen molar-refractivity contribution in [3.63, 3.8) is 0 Å². The number of rotatable bonds is 4. The van der Waals surface area contributed by atoms with Gasteiger partial charge in [-0.15, -0.1) is 0 Å². The molecular weight excluding hydrogens is 294 g/mol. The molecule has 2 heterocycles. The molecule has 2 aromatic rings. The first-order valence-corrected chi connectivity index (χ1v) is 7.51. The van der Waals surface area contributed by atoms with Gasteiger partial charge in [0.2, 0.25) is 0 Å². The van der Waals surface area contributed by atoms with E-state index in [4.69, 9.17) is 9.47 Å². The Kier molecular flexibility index (Phi) is 4.73. The molecule has 1 aromatic heterocycles. The number of anilines is 2. The van der Waals surface area contributed by atoms with Crippen LogP contribution in [0, 0.1) is 0 Å². The molecule has 1 fully saturated rings. The summed E-state index contributed by atoms with van der Waals surface area (Å²) in [5.41, 5.74) is 1.98. The van der Waals surface area contributed by atoms with Crippen molar-refractivity contribution in [3.05, 3.63) is 48.3 Å². The van der Waals surface area contributed by atoms with Gasteiger partial charge in [-0.1, -0.05) is 12.1 Å². The Labute approximate surface area is 135 Å². The minimum absolute atomic E-state index is 0.260. The second kappa shape index (κ2) is 7.11. The van der Waals surface area contributed by atoms with E-state index in [9.17, 15) is 4.79 Å². The molecule has 1 N–H and O–H groups in total. The van der Waals surface area contributed by atoms with Crippen LogP contribution in [-0.2, 0) is 4.74 Å². The summed E-state index contributed by atoms with van der Waals surface area (Å²) in [6.45, 7) is 3.03. The average molecular weight is 313 g/mol. The van der Waals surface area contributed by atoms with Crippen molar-refractivity contribution in [2.45, 2.75) is 0 Å². The zero-order valence-corrected chi connectivity index (χ0v) is 13.0. The molecule has 1 saturated heterocycles. The van der Waals surface area contributed by atoms with E-state index in [1.807, 2.05) is 18.2 Å². The predicted octanol–water partition coefficient (Wildman–Crippen LogP) is 2.18. The highest BCUT2D eigenvalue weighted by Gasteiger charge is 2.15. The normalized spacial score (nSPS) is 14.4. The Morgan fingerprint density at radius 2 is 2.04 bits per heavy atom. The van der Waals surface area contributed by atoms with Gasteiger partial charge in [-0.2, -0.15) is 0 Å². The van der Waals surface area contributed by atoms with Gasteiger partial charge in [-0.3, -0.25) is 9.78 Å². The lowest BCUT2D eigenvalue weighted by atomic mass is 10.2. The standard InChI is InChI=1S/C17H19N3O3/c1-22-16-5-3-2-4-14(16)19-17(21)15-12-13(6-7-18-15)20-8-10-23-11-9-20/h2-7,12H,8-11H2,1H3,(H,19,21). The molecule has 120 valence electrons. The Hall–Kier alpha value is -2.60. The molecule has 1 aromatic carbocycles. The van der Waals surface area contributed by atoms with Crippen molar-refractivity contribution in [1.29, 1.82) is 0 Å². The van der Waals surface area contributed by atoms with Gasteiger partial charge in [0.05, 0.1) is 26.0 Å². The van der Waals surface area contributed by atoms with Crippen molar-refractivity contribution in [2.24, 2.45) is 0 Å². The van der Waals surface area contributed by atoms with E-state index in [0.29, 0.717) is 30.3 Å². The van der Waals surface area contributed by atoms with Crippen molar-refractivity contribution >= 4 is 17.3 Å². The number of carbonyl (C=O) groups is 1. The van der Waals surface area contributed by atoms with Crippen LogP contribution >= 0.6 is 0 Å². The molecule has 23 heavy (non-hydrogen) atoms. The second-order valence-corrected chi connectivity index (χ2v) is 5.15. The van der Waals surface area contributed by atoms with E-state index in [-0.39, 0.29) is 5.91 Å². The number of benzene rings is 1. The molecule has 0 radical (unpaired) electrons. The maximum atomic E-state index is 12.4. The molecule has 1 amide bonds. The minimum atomic E-state index is -0.260. The van der Waals surface area contributed by atoms with Crippen LogP contribution in [-0.4, -0.2) is 44.3 Å². The average Bonchev–Trinajstić information content (AvgIpc) is 2.63. The number of nitrogens with zero attached hydrogens (tertiary/aromatic N) is 2. The van der Waals surface area contributed by atoms with Crippen LogP contribution in [0.2, 0.25) is 0 Å². The van der Waals surface area contributed by atoms with Crippen LogP contribution in [0.1, 0.15) is 10.5 Å². The fourth-order valence-electron chi connectivity index (χ4n) is 2.50. The van der Waals surface area contributed by atoms with Crippen LogP contribution in [0.25, 0.3) is 0 Å². The number of morpholine rings is 1. The Morgan fingerprint density at radius 3 is 2.83 bits per heavy atom. The summed E-state index contributed by atoms with van der Waals surface area (Å²) < 4.78 is 10.6. The van der Waals surface area contributed by atoms with Crippen molar-refractivity contribution in [3.8, 4) is 5.75 Å². The molecule has 0 spiro atoms. The number of methoxy groups -OCH3 is 1. The van der Waals surface area contributed by atoms with Crippen molar-refractivity contribution in [2.75, 3.05) is 43.6 Å². The first kappa shape index (κ1) is 15.3. The number of aromatic nitrogens is 1. The van der Waals surface area contributed by atoms with E-state index < -0.39 is 0 Å². The zero-order valence-electron chi connectivity index (χ0n) is 13.0. The first-order chi connectivity index (χ1) is 11.3. The van der Waals surface area contributed by atoms with Crippen LogP contribution in [0.4, 0.5) is 11.4 Å². The molecule has 0 atom stereocenters. The van der Waals surface area contributed by atoms with Gasteiger partial charge in [-0.25, -0.2) is 0 Å². The molecule has 6 heteroatoms. The van der Waals surface area contributed by atoms with Crippen LogP contribution in [0.15, 0.2) is 42.6 Å². The van der Waals surface area contributed by atoms with Gasteiger partial charge >= 0.3 is 0 Å². The molecule has 1 aliphatic heterocycles. The molecule has 0 bridgehead atoms. The highest BCUT2D eigenvalue weighted by atomic mass is 16.5. The minimum Gasteiger partial charge on any atom is -0.495 e. The van der Waals surface area contributed by atoms with Gasteiger partial charge < -0.3 is 19.7 Å². The van der Waals surface area contributed by atoms with E-state index in [1.165, 1.54) is 0 Å². The summed E-state index contributed by atoms with van der Waals surface area (Å²) in [6, 6.07) is 11.0. The Bertz CT molecular complexity index is 684. The number of ether oxygens (including phenoxy) is 2. The van der Waals surface area contributed by atoms with Crippen molar-refractivity contribution < 1.29 is 14.3 Å². The lowest BCUT2D eigenvalue weighted by Gasteiger charge is -2.28. The Morgan fingerprint density at radius 1 is 1.26 bits per heavy atom. The molecule has 0 aliphatic carbocycles. The second-order valence-electron chi connectivity index (χ2n) is 5.15. The van der Waals surface area contributed by atoms with Crippen LogP contribution in [0.3, 0.4) is 0 Å². The van der Waals surface area contributed by atoms with Gasteiger partial charge in [0.1, 0.15) is 11.4 Å². The third kappa shape index (κ3) is 3.60. The van der Waals surface area contributed by atoms with E-state index in [1.54, 1.807) is 31.5 Å². The quantitative estimate of drug-likeness (QED) is 0.937. The lowest BCUT2D eigenvalue weighted by Crippen LogP contribution is -2.36. The molecule has 0 saturated carbocycles. The van der Waals surface area contributed by atoms with Gasteiger partial charge in [0.15, 0.2) is 0 Å². The van der Waals surface area contributed by atoms with E-state index in [2.05, 4.69) is 15.2 Å². The third-order valence-corrected chi connectivity index (χ3v) is 3.71. The molecule has 1 aliphatic rings. The topological polar surface area (TPSA) is 63.7 Å². The zero-order chi connectivity index (χ0) is 16.1. The number of carbonyl (C=O) groups excluding carboxylic acids is 1. The summed E-state index contributed by atoms with van der Waals surface area (Å²) in [6.07, 6.45) is 1.65. The molecule has 3 rings (SSSR count). The number of hydrogen-bond acceptors (Lipinski definition) is 5. The summed E-state index contributed by atoms with van der Waals surface area (Å²) in [5.74, 6) is 0.356. The van der Waals surface area contributed by atoms with E-state index >= 15 is 0 Å². The fourth-order valence-corrected chi connectivity index (χ4v) is 2.50. The lowest BCUT2D eigenvalue weighted by molar-refractivity contribution is 0.102. The number of para-hydroxylation sites is 2. The highest BCUT2D eigenvalue weighted by Crippen LogP contribution is 2.24. The monoisotopic (exact) mass is 313 g/mol. The Balaban J connectivity index is 1.77. The van der Waals surface area contributed by atoms with Gasteiger partial charge in [0.25, 0.3) is 5.91 Å². The maximum Gasteiger partial charge on any atom is 0.274 e. The fraction of sp³-hybridized carbons (Fsp3) is 0.294. The molecule has 6 nitrogen and oxygen atoms in total. The first-order valence-electron chi connectivity index (χ1n) is 7.51. The number of amides is 1. The largest absolute Gasteiger partial charge is 0.495 e. The smallest absolute Gasteiger partial charge is 0.274 e. The third-order valence-electron chi connectivity index (χ3n) is 3.71. The van der Waals surface area contributed by atoms with Crippen LogP contribution in [0.5, 0.6) is 5.75 Å². The summed E-state index contributed by atoms with van der Waals surface area (Å²) >= 11 is 0. The van der Waals surface area contributed by atoms with Gasteiger partial charge in [-0.05, 0) is 24.3 Å². The van der Waals surface area contributed by atoms with E-state index in [0.717, 1.165) is 18.8 Å². The number of pyridine rings is 1.